The molecule has 0 bridgehead atoms. The number of carbonyl (C=O) groups is 2. The second-order valence-corrected chi connectivity index (χ2v) is 6.81. The number of hydrogen-bond donors (Lipinski definition) is 1. The van der Waals surface area contributed by atoms with E-state index in [2.05, 4.69) is 12.2 Å². The van der Waals surface area contributed by atoms with Crippen LogP contribution in [0.5, 0.6) is 0 Å². The molecule has 0 fully saturated rings. The molecule has 0 radical (unpaired) electrons. The summed E-state index contributed by atoms with van der Waals surface area (Å²) in [7, 11) is 0. The van der Waals surface area contributed by atoms with Gasteiger partial charge in [-0.3, -0.25) is 4.79 Å². The maximum Gasteiger partial charge on any atom is 0.328 e. The van der Waals surface area contributed by atoms with Gasteiger partial charge in [-0.2, -0.15) is 0 Å². The Hall–Kier alpha value is -1.36. The highest BCUT2D eigenvalue weighted by atomic mass is 32.1. The van der Waals surface area contributed by atoms with Crippen molar-refractivity contribution in [2.75, 3.05) is 6.61 Å². The minimum atomic E-state index is -0.569. The molecule has 5 heteroatoms. The Labute approximate surface area is 137 Å². The first-order chi connectivity index (χ1) is 10.5. The summed E-state index contributed by atoms with van der Waals surface area (Å²) < 4.78 is 5.32. The highest BCUT2D eigenvalue weighted by Crippen LogP contribution is 2.12. The third-order valence-electron chi connectivity index (χ3n) is 3.28. The van der Waals surface area contributed by atoms with Crippen molar-refractivity contribution in [2.45, 2.75) is 58.9 Å². The number of rotatable bonds is 10. The topological polar surface area (TPSA) is 55.4 Å². The van der Waals surface area contributed by atoms with Crippen molar-refractivity contribution in [2.24, 2.45) is 5.92 Å². The van der Waals surface area contributed by atoms with E-state index in [9.17, 15) is 9.59 Å². The third-order valence-corrected chi connectivity index (χ3v) is 4.15. The zero-order valence-corrected chi connectivity index (χ0v) is 14.6. The molecule has 1 amide bonds. The molecule has 0 saturated heterocycles. The fourth-order valence-electron chi connectivity index (χ4n) is 2.12. The van der Waals surface area contributed by atoms with E-state index in [1.54, 1.807) is 6.07 Å². The molecule has 1 atom stereocenters. The Morgan fingerprint density at radius 1 is 1.27 bits per heavy atom. The normalized spacial score (nSPS) is 12.2. The molecular weight excluding hydrogens is 298 g/mol. The summed E-state index contributed by atoms with van der Waals surface area (Å²) in [5, 5.41) is 4.65. The first-order valence-corrected chi connectivity index (χ1v) is 8.93. The molecule has 0 saturated carbocycles. The maximum absolute atomic E-state index is 12.2. The number of thiophene rings is 1. The van der Waals surface area contributed by atoms with Crippen molar-refractivity contribution in [3.63, 3.8) is 0 Å². The van der Waals surface area contributed by atoms with E-state index >= 15 is 0 Å². The molecule has 0 aromatic carbocycles. The van der Waals surface area contributed by atoms with Crippen molar-refractivity contribution >= 4 is 23.2 Å². The minimum Gasteiger partial charge on any atom is -0.464 e. The fraction of sp³-hybridized carbons (Fsp3) is 0.647. The van der Waals surface area contributed by atoms with Gasteiger partial charge in [-0.1, -0.05) is 46.1 Å². The molecule has 124 valence electrons. The Morgan fingerprint density at radius 2 is 2.05 bits per heavy atom. The number of hydrogen-bond acceptors (Lipinski definition) is 4. The molecule has 1 unspecified atom stereocenters. The highest BCUT2D eigenvalue weighted by Gasteiger charge is 2.24. The molecule has 0 spiro atoms. The zero-order chi connectivity index (χ0) is 16.4. The van der Waals surface area contributed by atoms with Crippen molar-refractivity contribution < 1.29 is 14.3 Å². The second kappa shape index (κ2) is 10.4. The highest BCUT2D eigenvalue weighted by molar-refractivity contribution is 7.12. The number of esters is 1. The number of nitrogens with one attached hydrogen (secondary N) is 1. The van der Waals surface area contributed by atoms with Crippen LogP contribution < -0.4 is 5.32 Å². The average Bonchev–Trinajstić information content (AvgIpc) is 3.00. The van der Waals surface area contributed by atoms with Gasteiger partial charge in [0.05, 0.1) is 11.5 Å². The van der Waals surface area contributed by atoms with Crippen LogP contribution in [-0.2, 0) is 9.53 Å². The Morgan fingerprint density at radius 3 is 2.64 bits per heavy atom. The SMILES string of the molecule is CCCCCCOC(=O)C(CC(C)C)NC(=O)c1cccs1. The molecule has 4 nitrogen and oxygen atoms in total. The zero-order valence-electron chi connectivity index (χ0n) is 13.8. The van der Waals surface area contributed by atoms with Gasteiger partial charge in [0.15, 0.2) is 0 Å². The van der Waals surface area contributed by atoms with Crippen LogP contribution in [0.3, 0.4) is 0 Å². The summed E-state index contributed by atoms with van der Waals surface area (Å²) >= 11 is 1.37. The first kappa shape index (κ1) is 18.7. The monoisotopic (exact) mass is 325 g/mol. The van der Waals surface area contributed by atoms with Gasteiger partial charge in [-0.15, -0.1) is 11.3 Å². The number of unbranched alkanes of at least 4 members (excludes halogenated alkanes) is 3. The fourth-order valence-corrected chi connectivity index (χ4v) is 2.75. The lowest BCUT2D eigenvalue weighted by molar-refractivity contribution is -0.146. The predicted molar refractivity (Wildman–Crippen MR) is 90.1 cm³/mol. The van der Waals surface area contributed by atoms with E-state index in [0.29, 0.717) is 23.8 Å². The summed E-state index contributed by atoms with van der Waals surface area (Å²) in [6.45, 7) is 6.63. The van der Waals surface area contributed by atoms with Crippen LogP contribution in [0.25, 0.3) is 0 Å². The van der Waals surface area contributed by atoms with Crippen LogP contribution in [0.15, 0.2) is 17.5 Å². The molecule has 1 N–H and O–H groups in total. The van der Waals surface area contributed by atoms with Crippen molar-refractivity contribution in [1.82, 2.24) is 5.32 Å². The van der Waals surface area contributed by atoms with Crippen molar-refractivity contribution in [3.05, 3.63) is 22.4 Å². The van der Waals surface area contributed by atoms with E-state index < -0.39 is 6.04 Å². The predicted octanol–water partition coefficient (Wildman–Crippen LogP) is 4.02. The van der Waals surface area contributed by atoms with Crippen LogP contribution in [0, 0.1) is 5.92 Å². The van der Waals surface area contributed by atoms with Gasteiger partial charge in [-0.25, -0.2) is 4.79 Å². The van der Waals surface area contributed by atoms with Crippen LogP contribution >= 0.6 is 11.3 Å². The third kappa shape index (κ3) is 7.07. The second-order valence-electron chi connectivity index (χ2n) is 5.86. The van der Waals surface area contributed by atoms with Crippen molar-refractivity contribution in [1.29, 1.82) is 0 Å². The van der Waals surface area contributed by atoms with E-state index in [0.717, 1.165) is 25.7 Å². The Balaban J connectivity index is 2.48. The maximum atomic E-state index is 12.2. The van der Waals surface area contributed by atoms with Gasteiger partial charge in [0, 0.05) is 0 Å². The Bertz CT molecular complexity index is 443. The lowest BCUT2D eigenvalue weighted by Gasteiger charge is -2.19. The quantitative estimate of drug-likeness (QED) is 0.522. The van der Waals surface area contributed by atoms with Crippen LogP contribution in [0.2, 0.25) is 0 Å². The standard InChI is InChI=1S/C17H27NO3S/c1-4-5-6-7-10-21-17(20)14(12-13(2)3)18-16(19)15-9-8-11-22-15/h8-9,11,13-14H,4-7,10,12H2,1-3H3,(H,18,19). The summed E-state index contributed by atoms with van der Waals surface area (Å²) in [4.78, 5) is 24.9. The molecule has 1 rings (SSSR count). The summed E-state index contributed by atoms with van der Waals surface area (Å²) in [6, 6.07) is 3.01. The molecule has 1 aromatic rings. The average molecular weight is 325 g/mol. The van der Waals surface area contributed by atoms with Gasteiger partial charge < -0.3 is 10.1 Å². The lowest BCUT2D eigenvalue weighted by atomic mass is 10.0. The molecule has 22 heavy (non-hydrogen) atoms. The lowest BCUT2D eigenvalue weighted by Crippen LogP contribution is -2.42. The molecule has 0 aliphatic rings. The smallest absolute Gasteiger partial charge is 0.328 e. The molecule has 1 aromatic heterocycles. The minimum absolute atomic E-state index is 0.205. The van der Waals surface area contributed by atoms with Gasteiger partial charge in [0.25, 0.3) is 5.91 Å². The van der Waals surface area contributed by atoms with Gasteiger partial charge in [-0.05, 0) is 30.2 Å². The summed E-state index contributed by atoms with van der Waals surface area (Å²) in [5.41, 5.74) is 0. The molecule has 1 heterocycles. The molecule has 0 aliphatic heterocycles. The van der Waals surface area contributed by atoms with Gasteiger partial charge in [0.2, 0.25) is 0 Å². The van der Waals surface area contributed by atoms with E-state index in [1.807, 2.05) is 25.3 Å². The van der Waals surface area contributed by atoms with E-state index in [4.69, 9.17) is 4.74 Å². The first-order valence-electron chi connectivity index (χ1n) is 8.05. The van der Waals surface area contributed by atoms with Crippen molar-refractivity contribution in [3.8, 4) is 0 Å². The number of carbonyl (C=O) groups excluding carboxylic acids is 2. The van der Waals surface area contributed by atoms with Gasteiger partial charge >= 0.3 is 5.97 Å². The number of amides is 1. The summed E-state index contributed by atoms with van der Waals surface area (Å²) in [5.74, 6) is -0.222. The van der Waals surface area contributed by atoms with Crippen LogP contribution in [-0.4, -0.2) is 24.5 Å². The van der Waals surface area contributed by atoms with E-state index in [1.165, 1.54) is 11.3 Å². The van der Waals surface area contributed by atoms with Crippen LogP contribution in [0.4, 0.5) is 0 Å². The van der Waals surface area contributed by atoms with Gasteiger partial charge in [0.1, 0.15) is 6.04 Å². The number of ether oxygens (including phenoxy) is 1. The summed E-state index contributed by atoms with van der Waals surface area (Å²) in [6.07, 6.45) is 4.85. The Kier molecular flexibility index (Phi) is 8.82. The van der Waals surface area contributed by atoms with E-state index in [-0.39, 0.29) is 11.9 Å². The van der Waals surface area contributed by atoms with Crippen LogP contribution in [0.1, 0.15) is 62.5 Å². The molecular formula is C17H27NO3S. The molecule has 0 aliphatic carbocycles. The largest absolute Gasteiger partial charge is 0.464 e.